The zero-order valence-corrected chi connectivity index (χ0v) is 17.6. The Morgan fingerprint density at radius 1 is 1.21 bits per heavy atom. The van der Waals surface area contributed by atoms with Crippen molar-refractivity contribution >= 4 is 42.6 Å². The van der Waals surface area contributed by atoms with Crippen molar-refractivity contribution < 1.29 is 17.6 Å². The molecule has 1 aliphatic heterocycles. The Labute approximate surface area is 172 Å². The van der Waals surface area contributed by atoms with E-state index in [0.29, 0.717) is 18.0 Å². The first-order valence-corrected chi connectivity index (χ1v) is 11.5. The zero-order valence-electron chi connectivity index (χ0n) is 16.0. The molecular formula is C20H20FN3O3S2. The summed E-state index contributed by atoms with van der Waals surface area (Å²) in [6, 6.07) is 7.79. The molecule has 1 N–H and O–H groups in total. The molecule has 0 bridgehead atoms. The lowest BCUT2D eigenvalue weighted by molar-refractivity contribution is -0.119. The van der Waals surface area contributed by atoms with E-state index in [-0.39, 0.29) is 11.4 Å². The fourth-order valence-electron chi connectivity index (χ4n) is 3.50. The number of aromatic nitrogens is 1. The first kappa shape index (κ1) is 19.9. The quantitative estimate of drug-likeness (QED) is 0.678. The summed E-state index contributed by atoms with van der Waals surface area (Å²) >= 11 is 1.36. The summed E-state index contributed by atoms with van der Waals surface area (Å²) in [4.78, 5) is 17.4. The van der Waals surface area contributed by atoms with Gasteiger partial charge in [0.1, 0.15) is 11.9 Å². The summed E-state index contributed by atoms with van der Waals surface area (Å²) in [5, 5.41) is 3.23. The van der Waals surface area contributed by atoms with Crippen molar-refractivity contribution in [3.05, 3.63) is 53.3 Å². The lowest BCUT2D eigenvalue weighted by atomic mass is 10.1. The van der Waals surface area contributed by atoms with Gasteiger partial charge in [-0.1, -0.05) is 17.4 Å². The predicted octanol–water partition coefficient (Wildman–Crippen LogP) is 3.84. The molecule has 9 heteroatoms. The third-order valence-electron chi connectivity index (χ3n) is 5.24. The van der Waals surface area contributed by atoms with Crippen LogP contribution in [0.5, 0.6) is 0 Å². The lowest BCUT2D eigenvalue weighted by Crippen LogP contribution is -2.43. The van der Waals surface area contributed by atoms with Crippen molar-refractivity contribution in [1.29, 1.82) is 0 Å². The number of amides is 1. The molecule has 1 saturated heterocycles. The van der Waals surface area contributed by atoms with E-state index in [4.69, 9.17) is 0 Å². The summed E-state index contributed by atoms with van der Waals surface area (Å²) < 4.78 is 41.2. The molecule has 152 valence electrons. The van der Waals surface area contributed by atoms with Gasteiger partial charge >= 0.3 is 0 Å². The molecule has 29 heavy (non-hydrogen) atoms. The molecule has 0 saturated carbocycles. The number of benzene rings is 2. The van der Waals surface area contributed by atoms with Gasteiger partial charge < -0.3 is 5.32 Å². The number of halogens is 1. The predicted molar refractivity (Wildman–Crippen MR) is 111 cm³/mol. The van der Waals surface area contributed by atoms with E-state index in [2.05, 4.69) is 10.3 Å². The first-order valence-electron chi connectivity index (χ1n) is 9.22. The SMILES string of the molecule is Cc1ccc2sc(NC(=O)C3CCCN3S(=O)(=O)c3ccc(F)cc3)nc2c1C. The van der Waals surface area contributed by atoms with Gasteiger partial charge in [-0.25, -0.2) is 17.8 Å². The Kier molecular flexibility index (Phi) is 5.14. The van der Waals surface area contributed by atoms with Gasteiger partial charge in [0.25, 0.3) is 0 Å². The van der Waals surface area contributed by atoms with E-state index in [0.717, 1.165) is 33.5 Å². The number of nitrogens with one attached hydrogen (secondary N) is 1. The number of anilines is 1. The minimum absolute atomic E-state index is 0.0234. The number of thiazole rings is 1. The molecule has 1 aliphatic rings. The third kappa shape index (κ3) is 3.65. The van der Waals surface area contributed by atoms with Crippen LogP contribution >= 0.6 is 11.3 Å². The van der Waals surface area contributed by atoms with Crippen LogP contribution in [0, 0.1) is 19.7 Å². The van der Waals surface area contributed by atoms with E-state index < -0.39 is 27.8 Å². The number of nitrogens with zero attached hydrogens (tertiary/aromatic N) is 2. The molecule has 1 amide bonds. The number of hydrogen-bond donors (Lipinski definition) is 1. The van der Waals surface area contributed by atoms with Crippen LogP contribution in [0.2, 0.25) is 0 Å². The molecule has 0 spiro atoms. The van der Waals surface area contributed by atoms with Crippen LogP contribution in [-0.2, 0) is 14.8 Å². The average molecular weight is 434 g/mol. The summed E-state index contributed by atoms with van der Waals surface area (Å²) in [5.41, 5.74) is 3.01. The highest BCUT2D eigenvalue weighted by Gasteiger charge is 2.39. The van der Waals surface area contributed by atoms with Gasteiger partial charge in [0.2, 0.25) is 15.9 Å². The van der Waals surface area contributed by atoms with Crippen molar-refractivity contribution in [3.63, 3.8) is 0 Å². The van der Waals surface area contributed by atoms with Crippen LogP contribution in [0.4, 0.5) is 9.52 Å². The molecule has 1 fully saturated rings. The minimum Gasteiger partial charge on any atom is -0.301 e. The van der Waals surface area contributed by atoms with Gasteiger partial charge in [0.05, 0.1) is 15.1 Å². The van der Waals surface area contributed by atoms with Crippen LogP contribution in [0.25, 0.3) is 10.2 Å². The molecule has 2 aromatic carbocycles. The molecule has 2 heterocycles. The molecular weight excluding hydrogens is 413 g/mol. The molecule has 6 nitrogen and oxygen atoms in total. The van der Waals surface area contributed by atoms with Crippen LogP contribution in [0.1, 0.15) is 24.0 Å². The second kappa shape index (κ2) is 7.47. The highest BCUT2D eigenvalue weighted by molar-refractivity contribution is 7.89. The van der Waals surface area contributed by atoms with Crippen molar-refractivity contribution in [2.24, 2.45) is 0 Å². The van der Waals surface area contributed by atoms with E-state index in [9.17, 15) is 17.6 Å². The van der Waals surface area contributed by atoms with Crippen LogP contribution < -0.4 is 5.32 Å². The van der Waals surface area contributed by atoms with E-state index >= 15 is 0 Å². The fraction of sp³-hybridized carbons (Fsp3) is 0.300. The Morgan fingerprint density at radius 3 is 2.66 bits per heavy atom. The number of carbonyl (C=O) groups is 1. The Balaban J connectivity index is 1.58. The number of sulfonamides is 1. The van der Waals surface area contributed by atoms with Gasteiger partial charge in [-0.3, -0.25) is 4.79 Å². The second-order valence-corrected chi connectivity index (χ2v) is 10.0. The van der Waals surface area contributed by atoms with Crippen molar-refractivity contribution in [3.8, 4) is 0 Å². The summed E-state index contributed by atoms with van der Waals surface area (Å²) in [7, 11) is -3.89. The number of carbonyl (C=O) groups excluding carboxylic acids is 1. The first-order chi connectivity index (χ1) is 13.8. The molecule has 1 unspecified atom stereocenters. The summed E-state index contributed by atoms with van der Waals surface area (Å²) in [5.74, 6) is -0.914. The maximum atomic E-state index is 13.2. The highest BCUT2D eigenvalue weighted by atomic mass is 32.2. The smallest absolute Gasteiger partial charge is 0.244 e. The second-order valence-electron chi connectivity index (χ2n) is 7.09. The molecule has 1 atom stereocenters. The Hall–Kier alpha value is -2.36. The van der Waals surface area contributed by atoms with E-state index in [1.807, 2.05) is 26.0 Å². The number of aryl methyl sites for hydroxylation is 2. The van der Waals surface area contributed by atoms with Gasteiger partial charge in [0, 0.05) is 6.54 Å². The maximum absolute atomic E-state index is 13.2. The molecule has 4 rings (SSSR count). The standard InChI is InChI=1S/C20H20FN3O3S2/c1-12-5-10-17-18(13(12)2)22-20(28-17)23-19(25)16-4-3-11-24(16)29(26,27)15-8-6-14(21)7-9-15/h5-10,16H,3-4,11H2,1-2H3,(H,22,23,25). The molecule has 3 aromatic rings. The largest absolute Gasteiger partial charge is 0.301 e. The van der Waals surface area contributed by atoms with Gasteiger partial charge in [-0.15, -0.1) is 0 Å². The topological polar surface area (TPSA) is 79.4 Å². The van der Waals surface area contributed by atoms with Crippen LogP contribution in [0.15, 0.2) is 41.3 Å². The lowest BCUT2D eigenvalue weighted by Gasteiger charge is -2.23. The van der Waals surface area contributed by atoms with Gasteiger partial charge in [-0.2, -0.15) is 4.31 Å². The van der Waals surface area contributed by atoms with Crippen molar-refractivity contribution in [2.45, 2.75) is 37.6 Å². The summed E-state index contributed by atoms with van der Waals surface area (Å²) in [6.07, 6.45) is 1.01. The van der Waals surface area contributed by atoms with Crippen LogP contribution in [0.3, 0.4) is 0 Å². The number of rotatable bonds is 4. The van der Waals surface area contributed by atoms with Gasteiger partial charge in [-0.05, 0) is 68.1 Å². The monoisotopic (exact) mass is 433 g/mol. The van der Waals surface area contributed by atoms with Crippen molar-refractivity contribution in [2.75, 3.05) is 11.9 Å². The number of hydrogen-bond acceptors (Lipinski definition) is 5. The normalized spacial score (nSPS) is 17.7. The number of fused-ring (bicyclic) bond motifs is 1. The fourth-order valence-corrected chi connectivity index (χ4v) is 6.08. The minimum atomic E-state index is -3.89. The zero-order chi connectivity index (χ0) is 20.8. The Morgan fingerprint density at radius 2 is 1.93 bits per heavy atom. The maximum Gasteiger partial charge on any atom is 0.244 e. The van der Waals surface area contributed by atoms with E-state index in [1.165, 1.54) is 27.8 Å². The highest BCUT2D eigenvalue weighted by Crippen LogP contribution is 2.31. The molecule has 0 aliphatic carbocycles. The molecule has 0 radical (unpaired) electrons. The Bertz CT molecular complexity index is 1190. The summed E-state index contributed by atoms with van der Waals surface area (Å²) in [6.45, 7) is 4.23. The van der Waals surface area contributed by atoms with Gasteiger partial charge in [0.15, 0.2) is 5.13 Å². The average Bonchev–Trinajstić information content (AvgIpc) is 3.33. The van der Waals surface area contributed by atoms with E-state index in [1.54, 1.807) is 0 Å². The third-order valence-corrected chi connectivity index (χ3v) is 8.10. The van der Waals surface area contributed by atoms with Crippen LogP contribution in [-0.4, -0.2) is 36.2 Å². The molecule has 1 aromatic heterocycles. The van der Waals surface area contributed by atoms with Crippen molar-refractivity contribution in [1.82, 2.24) is 9.29 Å².